The van der Waals surface area contributed by atoms with Gasteiger partial charge in [0.05, 0.1) is 11.1 Å². The monoisotopic (exact) mass is 386 g/mol. The van der Waals surface area contributed by atoms with Crippen LogP contribution in [0.2, 0.25) is 0 Å². The summed E-state index contributed by atoms with van der Waals surface area (Å²) < 4.78 is 78.9. The summed E-state index contributed by atoms with van der Waals surface area (Å²) in [6.45, 7) is 5.25. The van der Waals surface area contributed by atoms with Crippen molar-refractivity contribution in [1.29, 1.82) is 0 Å². The van der Waals surface area contributed by atoms with Crippen molar-refractivity contribution in [3.8, 4) is 0 Å². The number of hydrogen-bond donors (Lipinski definition) is 0. The molecule has 0 fully saturated rings. The molecule has 0 amide bonds. The third-order valence-electron chi connectivity index (χ3n) is 3.90. The van der Waals surface area contributed by atoms with E-state index < -0.39 is 46.7 Å². The molecule has 0 radical (unpaired) electrons. The maximum atomic E-state index is 13.2. The lowest BCUT2D eigenvalue weighted by atomic mass is 9.78. The molecule has 2 atom stereocenters. The first-order chi connectivity index (χ1) is 11.2. The normalized spacial score (nSPS) is 14.5. The van der Waals surface area contributed by atoms with E-state index in [2.05, 4.69) is 9.24 Å². The van der Waals surface area contributed by atoms with Crippen molar-refractivity contribution in [3.05, 3.63) is 34.9 Å². The van der Waals surface area contributed by atoms with Crippen LogP contribution in [0.1, 0.15) is 55.1 Å². The zero-order valence-corrected chi connectivity index (χ0v) is 15.3. The second kappa shape index (κ2) is 7.65. The molecule has 2 unspecified atom stereocenters. The number of Topliss-reactive ketones (excluding diaryl/α,β-unsaturated/α-hetero) is 1. The van der Waals surface area contributed by atoms with Crippen molar-refractivity contribution in [2.24, 2.45) is 11.3 Å². The summed E-state index contributed by atoms with van der Waals surface area (Å²) in [7, 11) is 2.53. The number of halogens is 6. The van der Waals surface area contributed by atoms with Crippen molar-refractivity contribution in [2.45, 2.75) is 46.0 Å². The van der Waals surface area contributed by atoms with Crippen LogP contribution < -0.4 is 0 Å². The Hall–Kier alpha value is -1.10. The van der Waals surface area contributed by atoms with Gasteiger partial charge in [0.2, 0.25) is 0 Å². The molecule has 25 heavy (non-hydrogen) atoms. The van der Waals surface area contributed by atoms with Gasteiger partial charge in [0.1, 0.15) is 0 Å². The van der Waals surface area contributed by atoms with Gasteiger partial charge in [-0.2, -0.15) is 26.3 Å². The molecular weight excluding hydrogens is 365 g/mol. The van der Waals surface area contributed by atoms with E-state index >= 15 is 0 Å². The first-order valence-corrected chi connectivity index (χ1v) is 8.51. The fourth-order valence-corrected chi connectivity index (χ4v) is 3.11. The molecule has 0 bridgehead atoms. The minimum atomic E-state index is -5.04. The molecule has 1 rings (SSSR count). The minimum Gasteiger partial charge on any atom is -0.294 e. The Balaban J connectivity index is 3.36. The highest BCUT2D eigenvalue weighted by molar-refractivity contribution is 7.16. The Kier molecular flexibility index (Phi) is 6.71. The Morgan fingerprint density at radius 1 is 1.04 bits per heavy atom. The molecule has 1 nitrogen and oxygen atoms in total. The molecule has 0 aliphatic heterocycles. The lowest BCUT2D eigenvalue weighted by Crippen LogP contribution is -2.25. The molecule has 1 aromatic carbocycles. The summed E-state index contributed by atoms with van der Waals surface area (Å²) in [6.07, 6.45) is -9.23. The van der Waals surface area contributed by atoms with Crippen molar-refractivity contribution in [2.75, 3.05) is 6.16 Å². The number of hydrogen-bond acceptors (Lipinski definition) is 1. The molecule has 1 aromatic rings. The van der Waals surface area contributed by atoms with Gasteiger partial charge in [-0.15, -0.1) is 9.24 Å². The van der Waals surface area contributed by atoms with Crippen LogP contribution in [0.25, 0.3) is 0 Å². The van der Waals surface area contributed by atoms with E-state index in [1.54, 1.807) is 13.8 Å². The van der Waals surface area contributed by atoms with Crippen LogP contribution in [0, 0.1) is 11.3 Å². The smallest absolute Gasteiger partial charge is 0.294 e. The number of benzene rings is 1. The molecule has 0 aliphatic rings. The zero-order chi connectivity index (χ0) is 19.6. The van der Waals surface area contributed by atoms with Gasteiger partial charge in [-0.05, 0) is 36.0 Å². The van der Waals surface area contributed by atoms with Crippen LogP contribution >= 0.6 is 9.24 Å². The first-order valence-electron chi connectivity index (χ1n) is 7.69. The van der Waals surface area contributed by atoms with Gasteiger partial charge < -0.3 is 0 Å². The lowest BCUT2D eigenvalue weighted by molar-refractivity contribution is -0.143. The van der Waals surface area contributed by atoms with Gasteiger partial charge in [0.25, 0.3) is 0 Å². The average Bonchev–Trinajstić information content (AvgIpc) is 2.43. The Morgan fingerprint density at radius 2 is 1.48 bits per heavy atom. The highest BCUT2D eigenvalue weighted by atomic mass is 31.0. The molecule has 8 heteroatoms. The number of alkyl halides is 6. The topological polar surface area (TPSA) is 17.1 Å². The third kappa shape index (κ3) is 5.98. The van der Waals surface area contributed by atoms with Crippen molar-refractivity contribution in [1.82, 2.24) is 0 Å². The van der Waals surface area contributed by atoms with Crippen molar-refractivity contribution in [3.63, 3.8) is 0 Å². The second-order valence-electron chi connectivity index (χ2n) is 7.03. The number of carbonyl (C=O) groups excluding carboxylic acids is 1. The molecular formula is C17H21F6OP. The van der Waals surface area contributed by atoms with Gasteiger partial charge in [-0.3, -0.25) is 4.79 Å². The van der Waals surface area contributed by atoms with E-state index in [9.17, 15) is 31.1 Å². The summed E-state index contributed by atoms with van der Waals surface area (Å²) in [6, 6.07) is 1.70. The molecule has 0 aliphatic carbocycles. The summed E-state index contributed by atoms with van der Waals surface area (Å²) in [5.41, 5.74) is -5.08. The van der Waals surface area contributed by atoms with E-state index in [4.69, 9.17) is 0 Å². The second-order valence-corrected chi connectivity index (χ2v) is 7.50. The largest absolute Gasteiger partial charge is 0.417 e. The van der Waals surface area contributed by atoms with E-state index in [1.165, 1.54) is 0 Å². The molecule has 0 spiro atoms. The molecule has 0 saturated carbocycles. The van der Waals surface area contributed by atoms with Gasteiger partial charge in [-0.1, -0.05) is 26.8 Å². The summed E-state index contributed by atoms with van der Waals surface area (Å²) in [5.74, 6) is -0.964. The average molecular weight is 386 g/mol. The van der Waals surface area contributed by atoms with Gasteiger partial charge in [0, 0.05) is 12.0 Å². The van der Waals surface area contributed by atoms with Crippen LogP contribution in [-0.2, 0) is 12.4 Å². The zero-order valence-electron chi connectivity index (χ0n) is 14.2. The van der Waals surface area contributed by atoms with Gasteiger partial charge in [0.15, 0.2) is 5.78 Å². The Bertz CT molecular complexity index is 586. The molecule has 0 N–H and O–H groups in total. The fourth-order valence-electron chi connectivity index (χ4n) is 2.95. The molecule has 142 valence electrons. The van der Waals surface area contributed by atoms with E-state index in [0.29, 0.717) is 24.6 Å². The van der Waals surface area contributed by atoms with Gasteiger partial charge in [-0.25, -0.2) is 0 Å². The summed E-state index contributed by atoms with van der Waals surface area (Å²) in [4.78, 5) is 12.5. The van der Waals surface area contributed by atoms with E-state index in [1.807, 2.05) is 6.92 Å². The molecule has 0 heterocycles. The van der Waals surface area contributed by atoms with Crippen molar-refractivity contribution >= 4 is 15.0 Å². The molecule has 0 saturated heterocycles. The molecule has 0 aromatic heterocycles. The van der Waals surface area contributed by atoms with E-state index in [0.717, 1.165) is 6.16 Å². The van der Waals surface area contributed by atoms with Crippen LogP contribution in [0.3, 0.4) is 0 Å². The predicted octanol–water partition coefficient (Wildman–Crippen LogP) is 6.22. The Morgan fingerprint density at radius 3 is 1.84 bits per heavy atom. The summed E-state index contributed by atoms with van der Waals surface area (Å²) in [5, 5.41) is 0. The summed E-state index contributed by atoms with van der Waals surface area (Å²) >= 11 is 0. The maximum Gasteiger partial charge on any atom is 0.417 e. The number of ketones is 1. The first kappa shape index (κ1) is 21.9. The van der Waals surface area contributed by atoms with Gasteiger partial charge >= 0.3 is 12.4 Å². The van der Waals surface area contributed by atoms with Crippen molar-refractivity contribution < 1.29 is 31.1 Å². The standard InChI is InChI=1S/C17H21F6OP/c1-10(9-25)7-15(2,3)8-13(24)14-11(16(18,19)20)5-4-6-12(14)17(21,22)23/h4-6,10H,7-9,25H2,1-3H3. The highest BCUT2D eigenvalue weighted by Crippen LogP contribution is 2.41. The van der Waals surface area contributed by atoms with Crippen LogP contribution in [0.5, 0.6) is 0 Å². The van der Waals surface area contributed by atoms with E-state index in [-0.39, 0.29) is 5.92 Å². The third-order valence-corrected chi connectivity index (χ3v) is 4.70. The maximum absolute atomic E-state index is 13.2. The number of rotatable bonds is 6. The highest BCUT2D eigenvalue weighted by Gasteiger charge is 2.43. The van der Waals surface area contributed by atoms with Crippen LogP contribution in [-0.4, -0.2) is 11.9 Å². The lowest BCUT2D eigenvalue weighted by Gasteiger charge is -2.28. The number of carbonyl (C=O) groups is 1. The Labute approximate surface area is 145 Å². The minimum absolute atomic E-state index is 0.174. The predicted molar refractivity (Wildman–Crippen MR) is 87.5 cm³/mol. The fraction of sp³-hybridized carbons (Fsp3) is 0.588. The van der Waals surface area contributed by atoms with Crippen LogP contribution in [0.4, 0.5) is 26.3 Å². The quantitative estimate of drug-likeness (QED) is 0.322. The SMILES string of the molecule is CC(CP)CC(C)(C)CC(=O)c1c(C(F)(F)F)cccc1C(F)(F)F. The van der Waals surface area contributed by atoms with Crippen LogP contribution in [0.15, 0.2) is 18.2 Å².